The summed E-state index contributed by atoms with van der Waals surface area (Å²) >= 11 is 6.81. The third-order valence-electron chi connectivity index (χ3n) is 2.25. The van der Waals surface area contributed by atoms with Crippen molar-refractivity contribution in [2.75, 3.05) is 25.6 Å². The first-order valence-electron chi connectivity index (χ1n) is 5.13. The van der Waals surface area contributed by atoms with Crippen LogP contribution in [0, 0.1) is 0 Å². The Kier molecular flexibility index (Phi) is 5.91. The number of hydrogen-bond acceptors (Lipinski definition) is 4. The number of rotatable bonds is 5. The van der Waals surface area contributed by atoms with Crippen LogP contribution in [-0.4, -0.2) is 31.7 Å². The minimum Gasteiger partial charge on any atom is -0.469 e. The topological polar surface area (TPSA) is 42.4 Å². The summed E-state index contributed by atoms with van der Waals surface area (Å²) in [6.45, 7) is 0.752. The number of carbonyl (C=O) groups excluding carboxylic acids is 1. The van der Waals surface area contributed by atoms with E-state index in [-0.39, 0.29) is 5.97 Å². The summed E-state index contributed by atoms with van der Waals surface area (Å²) in [5.41, 5.74) is 0. The number of esters is 1. The maximum Gasteiger partial charge on any atom is 0.305 e. The number of pyridine rings is 1. The molecule has 4 nitrogen and oxygen atoms in total. The summed E-state index contributed by atoms with van der Waals surface area (Å²) in [5.74, 6) is 0.680. The Hall–Kier alpha value is -0.620. The Morgan fingerprint density at radius 2 is 2.24 bits per heavy atom. The van der Waals surface area contributed by atoms with Gasteiger partial charge >= 0.3 is 5.97 Å². The number of halogens is 2. The highest BCUT2D eigenvalue weighted by Gasteiger charge is 2.08. The minimum absolute atomic E-state index is 0.179. The first-order valence-corrected chi connectivity index (χ1v) is 6.72. The van der Waals surface area contributed by atoms with Gasteiger partial charge in [0.05, 0.1) is 11.6 Å². The number of methoxy groups -OCH3 is 1. The Morgan fingerprint density at radius 1 is 1.53 bits per heavy atom. The van der Waals surface area contributed by atoms with Gasteiger partial charge < -0.3 is 9.64 Å². The molecule has 94 valence electrons. The molecule has 1 aromatic heterocycles. The van der Waals surface area contributed by atoms with Crippen LogP contribution in [0.3, 0.4) is 0 Å². The molecule has 0 aliphatic carbocycles. The summed E-state index contributed by atoms with van der Waals surface area (Å²) in [6, 6.07) is 1.94. The van der Waals surface area contributed by atoms with Crippen molar-refractivity contribution in [3.63, 3.8) is 0 Å². The fourth-order valence-corrected chi connectivity index (χ4v) is 2.65. The van der Waals surface area contributed by atoms with E-state index in [1.54, 1.807) is 6.20 Å². The predicted molar refractivity (Wildman–Crippen MR) is 74.2 cm³/mol. The number of carbonyl (C=O) groups is 1. The van der Waals surface area contributed by atoms with Gasteiger partial charge in [0.15, 0.2) is 0 Å². The van der Waals surface area contributed by atoms with Crippen LogP contribution in [0.2, 0.25) is 0 Å². The molecule has 17 heavy (non-hydrogen) atoms. The molecule has 1 heterocycles. The molecule has 0 aliphatic rings. The second-order valence-corrected chi connectivity index (χ2v) is 5.33. The molecule has 6 heteroatoms. The highest BCUT2D eigenvalue weighted by Crippen LogP contribution is 2.25. The van der Waals surface area contributed by atoms with Crippen molar-refractivity contribution in [3.05, 3.63) is 21.2 Å². The molecule has 0 amide bonds. The molecular formula is C11H14Br2N2O2. The van der Waals surface area contributed by atoms with Gasteiger partial charge in [-0.15, -0.1) is 0 Å². The van der Waals surface area contributed by atoms with Crippen LogP contribution >= 0.6 is 31.9 Å². The molecule has 1 aromatic rings. The monoisotopic (exact) mass is 364 g/mol. The Balaban J connectivity index is 2.52. The minimum atomic E-state index is -0.179. The summed E-state index contributed by atoms with van der Waals surface area (Å²) in [4.78, 5) is 17.3. The third-order valence-corrected chi connectivity index (χ3v) is 3.27. The zero-order valence-corrected chi connectivity index (χ0v) is 12.9. The SMILES string of the molecule is COC(=O)CCCN(C)c1ncc(Br)cc1Br. The summed E-state index contributed by atoms with van der Waals surface area (Å²) in [5, 5.41) is 0. The first-order chi connectivity index (χ1) is 8.04. The highest BCUT2D eigenvalue weighted by atomic mass is 79.9. The Morgan fingerprint density at radius 3 is 2.82 bits per heavy atom. The quantitative estimate of drug-likeness (QED) is 0.752. The molecule has 0 aliphatic heterocycles. The smallest absolute Gasteiger partial charge is 0.305 e. The summed E-state index contributed by atoms with van der Waals surface area (Å²) in [7, 11) is 3.34. The largest absolute Gasteiger partial charge is 0.469 e. The molecule has 1 rings (SSSR count). The van der Waals surface area contributed by atoms with Crippen LogP contribution in [0.5, 0.6) is 0 Å². The normalized spacial score (nSPS) is 10.1. The van der Waals surface area contributed by atoms with Gasteiger partial charge in [-0.3, -0.25) is 4.79 Å². The van der Waals surface area contributed by atoms with Crippen LogP contribution < -0.4 is 4.90 Å². The molecule has 0 saturated carbocycles. The predicted octanol–water partition coefficient (Wildman–Crippen LogP) is 3.00. The number of nitrogens with zero attached hydrogens (tertiary/aromatic N) is 2. The lowest BCUT2D eigenvalue weighted by atomic mass is 10.3. The molecule has 0 aromatic carbocycles. The first kappa shape index (κ1) is 14.4. The molecule has 0 unspecified atom stereocenters. The van der Waals surface area contributed by atoms with Gasteiger partial charge in [0.2, 0.25) is 0 Å². The van der Waals surface area contributed by atoms with Crippen LogP contribution in [0.4, 0.5) is 5.82 Å². The molecular weight excluding hydrogens is 352 g/mol. The zero-order chi connectivity index (χ0) is 12.8. The van der Waals surface area contributed by atoms with Gasteiger partial charge in [-0.25, -0.2) is 4.98 Å². The Labute approximate surface area is 118 Å². The van der Waals surface area contributed by atoms with E-state index in [1.807, 2.05) is 18.0 Å². The third kappa shape index (κ3) is 4.63. The van der Waals surface area contributed by atoms with E-state index < -0.39 is 0 Å². The maximum absolute atomic E-state index is 11.0. The number of ether oxygens (including phenoxy) is 1. The number of anilines is 1. The fourth-order valence-electron chi connectivity index (χ4n) is 1.36. The number of aromatic nitrogens is 1. The molecule has 0 bridgehead atoms. The second-order valence-electron chi connectivity index (χ2n) is 3.56. The molecule has 0 fully saturated rings. The van der Waals surface area contributed by atoms with E-state index in [1.165, 1.54) is 7.11 Å². The van der Waals surface area contributed by atoms with E-state index in [4.69, 9.17) is 0 Å². The molecule has 0 saturated heterocycles. The van der Waals surface area contributed by atoms with E-state index in [2.05, 4.69) is 41.6 Å². The standard InChI is InChI=1S/C11H14Br2N2O2/c1-15(5-3-4-10(16)17-2)11-9(13)6-8(12)7-14-11/h6-7H,3-5H2,1-2H3. The lowest BCUT2D eigenvalue weighted by Gasteiger charge is -2.19. The highest BCUT2D eigenvalue weighted by molar-refractivity contribution is 9.11. The van der Waals surface area contributed by atoms with Gasteiger partial charge in [0, 0.05) is 30.7 Å². The summed E-state index contributed by atoms with van der Waals surface area (Å²) in [6.07, 6.45) is 2.92. The van der Waals surface area contributed by atoms with Crippen molar-refractivity contribution >= 4 is 43.6 Å². The zero-order valence-electron chi connectivity index (χ0n) is 9.74. The van der Waals surface area contributed by atoms with Gasteiger partial charge in [0.25, 0.3) is 0 Å². The van der Waals surface area contributed by atoms with Crippen molar-refractivity contribution in [2.24, 2.45) is 0 Å². The maximum atomic E-state index is 11.0. The van der Waals surface area contributed by atoms with E-state index >= 15 is 0 Å². The van der Waals surface area contributed by atoms with Crippen LogP contribution in [0.25, 0.3) is 0 Å². The van der Waals surface area contributed by atoms with E-state index in [0.29, 0.717) is 6.42 Å². The number of hydrogen-bond donors (Lipinski definition) is 0. The van der Waals surface area contributed by atoms with Crippen LogP contribution in [-0.2, 0) is 9.53 Å². The van der Waals surface area contributed by atoms with Crippen molar-refractivity contribution in [2.45, 2.75) is 12.8 Å². The molecule has 0 spiro atoms. The fraction of sp³-hybridized carbons (Fsp3) is 0.455. The molecule has 0 atom stereocenters. The molecule has 0 N–H and O–H groups in total. The van der Waals surface area contributed by atoms with Gasteiger partial charge in [-0.2, -0.15) is 0 Å². The van der Waals surface area contributed by atoms with E-state index in [9.17, 15) is 4.79 Å². The van der Waals surface area contributed by atoms with Gasteiger partial charge in [-0.05, 0) is 44.3 Å². The van der Waals surface area contributed by atoms with Crippen molar-refractivity contribution < 1.29 is 9.53 Å². The van der Waals surface area contributed by atoms with Crippen molar-refractivity contribution in [3.8, 4) is 0 Å². The second kappa shape index (κ2) is 6.96. The lowest BCUT2D eigenvalue weighted by Crippen LogP contribution is -2.21. The molecule has 0 radical (unpaired) electrons. The van der Waals surface area contributed by atoms with Crippen molar-refractivity contribution in [1.82, 2.24) is 4.98 Å². The Bertz CT molecular complexity index is 399. The van der Waals surface area contributed by atoms with Crippen LogP contribution in [0.15, 0.2) is 21.2 Å². The van der Waals surface area contributed by atoms with Crippen molar-refractivity contribution in [1.29, 1.82) is 0 Å². The van der Waals surface area contributed by atoms with Crippen LogP contribution in [0.1, 0.15) is 12.8 Å². The van der Waals surface area contributed by atoms with Gasteiger partial charge in [-0.1, -0.05) is 0 Å². The average molecular weight is 366 g/mol. The summed E-state index contributed by atoms with van der Waals surface area (Å²) < 4.78 is 6.44. The van der Waals surface area contributed by atoms with E-state index in [0.717, 1.165) is 27.7 Å². The van der Waals surface area contributed by atoms with Gasteiger partial charge in [0.1, 0.15) is 5.82 Å². The average Bonchev–Trinajstić information content (AvgIpc) is 2.28. The lowest BCUT2D eigenvalue weighted by molar-refractivity contribution is -0.140.